The van der Waals surface area contributed by atoms with Crippen molar-refractivity contribution in [1.29, 1.82) is 5.26 Å². The first-order chi connectivity index (χ1) is 9.26. The van der Waals surface area contributed by atoms with Gasteiger partial charge in [-0.2, -0.15) is 5.26 Å². The number of para-hydroxylation sites is 1. The van der Waals surface area contributed by atoms with Crippen LogP contribution < -0.4 is 4.74 Å². The van der Waals surface area contributed by atoms with Crippen molar-refractivity contribution in [2.75, 3.05) is 12.5 Å². The monoisotopic (exact) mass is 277 g/mol. The molecule has 3 nitrogen and oxygen atoms in total. The molecule has 1 aromatic carbocycles. The number of fused-ring (bicyclic) bond motifs is 1. The van der Waals surface area contributed by atoms with Gasteiger partial charge < -0.3 is 9.15 Å². The van der Waals surface area contributed by atoms with Crippen LogP contribution in [0.1, 0.15) is 25.5 Å². The highest BCUT2D eigenvalue weighted by molar-refractivity contribution is 6.17. The second kappa shape index (κ2) is 6.49. The molecule has 2 aromatic rings. The van der Waals surface area contributed by atoms with Crippen LogP contribution >= 0.6 is 11.6 Å². The van der Waals surface area contributed by atoms with Crippen LogP contribution in [0.15, 0.2) is 28.7 Å². The molecule has 0 radical (unpaired) electrons. The lowest BCUT2D eigenvalue weighted by Crippen LogP contribution is -2.05. The topological polar surface area (TPSA) is 46.2 Å². The number of hydrogen-bond acceptors (Lipinski definition) is 3. The summed E-state index contributed by atoms with van der Waals surface area (Å²) in [6, 6.07) is 9.55. The summed E-state index contributed by atoms with van der Waals surface area (Å²) in [4.78, 5) is 0. The Morgan fingerprint density at radius 2 is 2.16 bits per heavy atom. The van der Waals surface area contributed by atoms with E-state index in [1.54, 1.807) is 0 Å². The lowest BCUT2D eigenvalue weighted by atomic mass is 10.1. The van der Waals surface area contributed by atoms with Crippen LogP contribution in [0.25, 0.3) is 11.0 Å². The summed E-state index contributed by atoms with van der Waals surface area (Å²) in [6.07, 6.45) is 1.89. The highest BCUT2D eigenvalue weighted by Crippen LogP contribution is 2.32. The van der Waals surface area contributed by atoms with Crippen molar-refractivity contribution in [3.05, 3.63) is 30.0 Å². The third kappa shape index (κ3) is 3.21. The lowest BCUT2D eigenvalue weighted by Gasteiger charge is -2.10. The fourth-order valence-corrected chi connectivity index (χ4v) is 2.30. The molecule has 0 fully saturated rings. The summed E-state index contributed by atoms with van der Waals surface area (Å²) in [5.74, 6) is 1.97. The Kier molecular flexibility index (Phi) is 4.70. The van der Waals surface area contributed by atoms with Gasteiger partial charge in [0.05, 0.1) is 12.0 Å². The van der Waals surface area contributed by atoms with Gasteiger partial charge in [-0.1, -0.05) is 19.1 Å². The van der Waals surface area contributed by atoms with Crippen molar-refractivity contribution in [1.82, 2.24) is 0 Å². The Morgan fingerprint density at radius 1 is 1.37 bits per heavy atom. The number of benzene rings is 1. The Bertz CT molecular complexity index is 585. The van der Waals surface area contributed by atoms with Gasteiger partial charge in [-0.3, -0.25) is 0 Å². The molecule has 100 valence electrons. The molecule has 0 amide bonds. The first kappa shape index (κ1) is 13.8. The highest BCUT2D eigenvalue weighted by Gasteiger charge is 2.15. The number of ether oxygens (including phenoxy) is 1. The average molecular weight is 278 g/mol. The zero-order valence-corrected chi connectivity index (χ0v) is 11.6. The van der Waals surface area contributed by atoms with Crippen molar-refractivity contribution in [3.63, 3.8) is 0 Å². The van der Waals surface area contributed by atoms with Crippen LogP contribution in [0.3, 0.4) is 0 Å². The third-order valence-corrected chi connectivity index (χ3v) is 3.33. The minimum atomic E-state index is 0.242. The molecule has 1 heterocycles. The van der Waals surface area contributed by atoms with Gasteiger partial charge in [-0.15, -0.1) is 11.6 Å². The maximum Gasteiger partial charge on any atom is 0.246 e. The van der Waals surface area contributed by atoms with Crippen molar-refractivity contribution >= 4 is 22.6 Å². The summed E-state index contributed by atoms with van der Waals surface area (Å²) < 4.78 is 11.2. The van der Waals surface area contributed by atoms with Gasteiger partial charge in [0, 0.05) is 5.88 Å². The standard InChI is InChI=1S/C15H16ClNO2/c1-11(6-8-16)7-9-18-15-12-4-2-3-5-13(12)19-14(15)10-17/h2-5,11H,6-9H2,1H3. The molecule has 0 aliphatic heterocycles. The maximum atomic E-state index is 9.07. The highest BCUT2D eigenvalue weighted by atomic mass is 35.5. The van der Waals surface area contributed by atoms with Crippen molar-refractivity contribution in [2.24, 2.45) is 5.92 Å². The van der Waals surface area contributed by atoms with Crippen molar-refractivity contribution in [2.45, 2.75) is 19.8 Å². The van der Waals surface area contributed by atoms with Crippen LogP contribution in [0.2, 0.25) is 0 Å². The third-order valence-electron chi connectivity index (χ3n) is 3.11. The lowest BCUT2D eigenvalue weighted by molar-refractivity contribution is 0.280. The largest absolute Gasteiger partial charge is 0.488 e. The number of nitrogens with zero attached hydrogens (tertiary/aromatic N) is 1. The van der Waals surface area contributed by atoms with Gasteiger partial charge in [-0.25, -0.2) is 0 Å². The normalized spacial score (nSPS) is 12.3. The molecule has 1 aromatic heterocycles. The number of alkyl halides is 1. The van der Waals surface area contributed by atoms with Gasteiger partial charge in [-0.05, 0) is 30.9 Å². The number of hydrogen-bond donors (Lipinski definition) is 0. The summed E-state index contributed by atoms with van der Waals surface area (Å²) in [7, 11) is 0. The molecule has 1 unspecified atom stereocenters. The molecule has 0 aliphatic carbocycles. The minimum absolute atomic E-state index is 0.242. The molecule has 0 saturated heterocycles. The molecule has 0 spiro atoms. The fourth-order valence-electron chi connectivity index (χ4n) is 1.93. The molecule has 1 atom stereocenters. The number of furan rings is 1. The molecule has 2 rings (SSSR count). The first-order valence-corrected chi connectivity index (χ1v) is 6.90. The second-order valence-corrected chi connectivity index (χ2v) is 4.97. The molecule has 19 heavy (non-hydrogen) atoms. The number of nitriles is 1. The van der Waals surface area contributed by atoms with E-state index in [9.17, 15) is 0 Å². The minimum Gasteiger partial charge on any atom is -0.488 e. The van der Waals surface area contributed by atoms with E-state index >= 15 is 0 Å². The Morgan fingerprint density at radius 3 is 2.89 bits per heavy atom. The maximum absolute atomic E-state index is 9.07. The first-order valence-electron chi connectivity index (χ1n) is 6.36. The Labute approximate surface area is 117 Å². The summed E-state index contributed by atoms with van der Waals surface area (Å²) >= 11 is 5.70. The predicted octanol–water partition coefficient (Wildman–Crippen LogP) is 4.34. The van der Waals surface area contributed by atoms with Crippen LogP contribution in [-0.4, -0.2) is 12.5 Å². The van der Waals surface area contributed by atoms with E-state index in [1.807, 2.05) is 30.3 Å². The average Bonchev–Trinajstić information content (AvgIpc) is 2.77. The molecule has 0 aliphatic rings. The zero-order valence-electron chi connectivity index (χ0n) is 10.9. The van der Waals surface area contributed by atoms with E-state index in [-0.39, 0.29) is 5.76 Å². The molecule has 0 N–H and O–H groups in total. The van der Waals surface area contributed by atoms with E-state index in [4.69, 9.17) is 26.0 Å². The van der Waals surface area contributed by atoms with Gasteiger partial charge in [0.2, 0.25) is 5.76 Å². The Hall–Kier alpha value is -1.66. The van der Waals surface area contributed by atoms with E-state index in [0.29, 0.717) is 29.7 Å². The molecular weight excluding hydrogens is 262 g/mol. The summed E-state index contributed by atoms with van der Waals surface area (Å²) in [6.45, 7) is 2.71. The van der Waals surface area contributed by atoms with Gasteiger partial charge >= 0.3 is 0 Å². The van der Waals surface area contributed by atoms with Crippen LogP contribution in [0, 0.1) is 17.2 Å². The van der Waals surface area contributed by atoms with Gasteiger partial charge in [0.1, 0.15) is 11.7 Å². The van der Waals surface area contributed by atoms with E-state index in [0.717, 1.165) is 18.2 Å². The summed E-state index contributed by atoms with van der Waals surface area (Å²) in [5, 5.41) is 9.92. The van der Waals surface area contributed by atoms with Crippen LogP contribution in [0.5, 0.6) is 5.75 Å². The molecule has 0 saturated carbocycles. The van der Waals surface area contributed by atoms with Crippen molar-refractivity contribution < 1.29 is 9.15 Å². The second-order valence-electron chi connectivity index (χ2n) is 4.59. The quantitative estimate of drug-likeness (QED) is 0.738. The fraction of sp³-hybridized carbons (Fsp3) is 0.400. The van der Waals surface area contributed by atoms with Crippen LogP contribution in [0.4, 0.5) is 0 Å². The van der Waals surface area contributed by atoms with E-state index < -0.39 is 0 Å². The Balaban J connectivity index is 2.09. The molecule has 0 bridgehead atoms. The van der Waals surface area contributed by atoms with Gasteiger partial charge in [0.15, 0.2) is 5.75 Å². The molecule has 4 heteroatoms. The van der Waals surface area contributed by atoms with Crippen molar-refractivity contribution in [3.8, 4) is 11.8 Å². The SMILES string of the molecule is CC(CCCl)CCOc1c(C#N)oc2ccccc12. The zero-order chi connectivity index (χ0) is 13.7. The number of rotatable bonds is 6. The smallest absolute Gasteiger partial charge is 0.246 e. The van der Waals surface area contributed by atoms with E-state index in [1.165, 1.54) is 0 Å². The summed E-state index contributed by atoms with van der Waals surface area (Å²) in [5.41, 5.74) is 0.683. The molecular formula is C15H16ClNO2. The van der Waals surface area contributed by atoms with Gasteiger partial charge in [0.25, 0.3) is 0 Å². The number of halogens is 1. The predicted molar refractivity (Wildman–Crippen MR) is 75.5 cm³/mol. The van der Waals surface area contributed by atoms with Crippen LogP contribution in [-0.2, 0) is 0 Å². The van der Waals surface area contributed by atoms with E-state index in [2.05, 4.69) is 6.92 Å².